The third-order valence-corrected chi connectivity index (χ3v) is 5.22. The molecule has 0 unspecified atom stereocenters. The van der Waals surface area contributed by atoms with Crippen LogP contribution in [0.4, 0.5) is 5.82 Å². The van der Waals surface area contributed by atoms with Crippen LogP contribution in [-0.4, -0.2) is 69.9 Å². The van der Waals surface area contributed by atoms with Crippen LogP contribution in [0, 0.1) is 0 Å². The number of carbonyl (C=O) groups excluding carboxylic acids is 1. The van der Waals surface area contributed by atoms with Gasteiger partial charge in [-0.2, -0.15) is 0 Å². The van der Waals surface area contributed by atoms with Crippen molar-refractivity contribution >= 4 is 11.7 Å². The smallest absolute Gasteiger partial charge is 0.255 e. The standard InChI is InChI=1S/C18H24N6O2/c1-22-13-20-21-17(22)14-4-6-23(7-5-14)16-3-2-15(12-19-16)18(25)24-8-10-26-11-9-24/h2-3,12-14H,4-11H2,1H3. The molecule has 0 saturated carbocycles. The molecule has 26 heavy (non-hydrogen) atoms. The molecule has 2 aromatic rings. The molecule has 2 aliphatic heterocycles. The van der Waals surface area contributed by atoms with Crippen LogP contribution in [0.2, 0.25) is 0 Å². The maximum Gasteiger partial charge on any atom is 0.255 e. The first-order valence-electron chi connectivity index (χ1n) is 9.14. The molecule has 2 aromatic heterocycles. The van der Waals surface area contributed by atoms with Gasteiger partial charge in [0.05, 0.1) is 18.8 Å². The number of morpholine rings is 1. The van der Waals surface area contributed by atoms with E-state index in [-0.39, 0.29) is 5.91 Å². The van der Waals surface area contributed by atoms with E-state index in [0.717, 1.165) is 37.6 Å². The van der Waals surface area contributed by atoms with Crippen molar-refractivity contribution in [1.29, 1.82) is 0 Å². The van der Waals surface area contributed by atoms with Gasteiger partial charge in [0.25, 0.3) is 5.91 Å². The summed E-state index contributed by atoms with van der Waals surface area (Å²) < 4.78 is 7.31. The highest BCUT2D eigenvalue weighted by atomic mass is 16.5. The fourth-order valence-electron chi connectivity index (χ4n) is 3.68. The SMILES string of the molecule is Cn1cnnc1C1CCN(c2ccc(C(=O)N3CCOCC3)cn2)CC1. The number of piperidine rings is 1. The molecular weight excluding hydrogens is 332 g/mol. The molecule has 0 bridgehead atoms. The summed E-state index contributed by atoms with van der Waals surface area (Å²) in [7, 11) is 1.99. The lowest BCUT2D eigenvalue weighted by Gasteiger charge is -2.32. The van der Waals surface area contributed by atoms with Gasteiger partial charge in [0.1, 0.15) is 18.0 Å². The highest BCUT2D eigenvalue weighted by Gasteiger charge is 2.25. The van der Waals surface area contributed by atoms with Crippen LogP contribution in [0.5, 0.6) is 0 Å². The number of ether oxygens (including phenoxy) is 1. The molecule has 0 aliphatic carbocycles. The number of amides is 1. The Morgan fingerprint density at radius 1 is 1.15 bits per heavy atom. The molecule has 8 nitrogen and oxygen atoms in total. The Hall–Kier alpha value is -2.48. The van der Waals surface area contributed by atoms with Crippen molar-refractivity contribution in [2.45, 2.75) is 18.8 Å². The fourth-order valence-corrected chi connectivity index (χ4v) is 3.68. The number of nitrogens with zero attached hydrogens (tertiary/aromatic N) is 6. The Kier molecular flexibility index (Phi) is 4.83. The highest BCUT2D eigenvalue weighted by molar-refractivity contribution is 5.94. The minimum absolute atomic E-state index is 0.0355. The van der Waals surface area contributed by atoms with Crippen LogP contribution < -0.4 is 4.90 Å². The van der Waals surface area contributed by atoms with Crippen molar-refractivity contribution in [3.63, 3.8) is 0 Å². The van der Waals surface area contributed by atoms with Gasteiger partial charge in [0.2, 0.25) is 0 Å². The molecule has 8 heteroatoms. The van der Waals surface area contributed by atoms with E-state index in [9.17, 15) is 4.79 Å². The van der Waals surface area contributed by atoms with Crippen molar-refractivity contribution < 1.29 is 9.53 Å². The summed E-state index contributed by atoms with van der Waals surface area (Å²) in [5, 5.41) is 8.22. The number of aromatic nitrogens is 4. The van der Waals surface area contributed by atoms with Gasteiger partial charge in [-0.3, -0.25) is 4.79 Å². The summed E-state index contributed by atoms with van der Waals surface area (Å²) in [6.07, 6.45) is 5.51. The molecule has 2 saturated heterocycles. The van der Waals surface area contributed by atoms with Crippen LogP contribution in [-0.2, 0) is 11.8 Å². The second-order valence-corrected chi connectivity index (χ2v) is 6.87. The fraction of sp³-hybridized carbons (Fsp3) is 0.556. The number of rotatable bonds is 3. The average Bonchev–Trinajstić information content (AvgIpc) is 3.14. The Balaban J connectivity index is 1.37. The second kappa shape index (κ2) is 7.41. The van der Waals surface area contributed by atoms with E-state index in [1.54, 1.807) is 12.5 Å². The van der Waals surface area contributed by atoms with Gasteiger partial charge in [-0.1, -0.05) is 0 Å². The molecule has 2 aliphatic rings. The predicted octanol–water partition coefficient (Wildman–Crippen LogP) is 1.07. The quantitative estimate of drug-likeness (QED) is 0.819. The van der Waals surface area contributed by atoms with Gasteiger partial charge in [-0.25, -0.2) is 4.98 Å². The number of hydrogen-bond donors (Lipinski definition) is 0. The number of hydrogen-bond acceptors (Lipinski definition) is 6. The summed E-state index contributed by atoms with van der Waals surface area (Å²) in [5.74, 6) is 2.47. The summed E-state index contributed by atoms with van der Waals surface area (Å²) in [6, 6.07) is 3.84. The van der Waals surface area contributed by atoms with Gasteiger partial charge in [-0.15, -0.1) is 10.2 Å². The first kappa shape index (κ1) is 17.0. The van der Waals surface area contributed by atoms with Crippen molar-refractivity contribution in [3.8, 4) is 0 Å². The number of aryl methyl sites for hydroxylation is 1. The van der Waals surface area contributed by atoms with Gasteiger partial charge < -0.3 is 19.1 Å². The lowest BCUT2D eigenvalue weighted by atomic mass is 9.96. The summed E-state index contributed by atoms with van der Waals surface area (Å²) in [6.45, 7) is 4.38. The Labute approximate surface area is 152 Å². The van der Waals surface area contributed by atoms with Gasteiger partial charge in [-0.05, 0) is 25.0 Å². The molecule has 0 atom stereocenters. The van der Waals surface area contributed by atoms with E-state index < -0.39 is 0 Å². The third kappa shape index (κ3) is 3.41. The van der Waals surface area contributed by atoms with Gasteiger partial charge in [0.15, 0.2) is 0 Å². The van der Waals surface area contributed by atoms with Crippen molar-refractivity contribution in [3.05, 3.63) is 36.0 Å². The first-order valence-corrected chi connectivity index (χ1v) is 9.14. The summed E-state index contributed by atoms with van der Waals surface area (Å²) in [4.78, 5) is 21.1. The predicted molar refractivity (Wildman–Crippen MR) is 96.2 cm³/mol. The molecule has 4 rings (SSSR count). The molecule has 4 heterocycles. The zero-order chi connectivity index (χ0) is 17.9. The molecule has 0 spiro atoms. The summed E-state index contributed by atoms with van der Waals surface area (Å²) >= 11 is 0. The lowest BCUT2D eigenvalue weighted by molar-refractivity contribution is 0.0302. The topological polar surface area (TPSA) is 76.4 Å². The monoisotopic (exact) mass is 356 g/mol. The second-order valence-electron chi connectivity index (χ2n) is 6.87. The zero-order valence-corrected chi connectivity index (χ0v) is 15.0. The van der Waals surface area contributed by atoms with Crippen LogP contribution >= 0.6 is 0 Å². The molecule has 0 aromatic carbocycles. The van der Waals surface area contributed by atoms with E-state index in [4.69, 9.17) is 4.74 Å². The first-order chi connectivity index (χ1) is 12.7. The van der Waals surface area contributed by atoms with E-state index in [2.05, 4.69) is 20.1 Å². The van der Waals surface area contributed by atoms with Crippen LogP contribution in [0.3, 0.4) is 0 Å². The largest absolute Gasteiger partial charge is 0.378 e. The normalized spacial score (nSPS) is 19.0. The number of pyridine rings is 1. The zero-order valence-electron chi connectivity index (χ0n) is 15.0. The number of anilines is 1. The number of carbonyl (C=O) groups is 1. The van der Waals surface area contributed by atoms with E-state index in [0.29, 0.717) is 37.8 Å². The van der Waals surface area contributed by atoms with E-state index in [1.165, 1.54) is 0 Å². The van der Waals surface area contributed by atoms with Gasteiger partial charge >= 0.3 is 0 Å². The minimum atomic E-state index is 0.0355. The molecule has 1 amide bonds. The molecule has 0 N–H and O–H groups in total. The maximum absolute atomic E-state index is 12.5. The van der Waals surface area contributed by atoms with Crippen LogP contribution in [0.15, 0.2) is 24.7 Å². The average molecular weight is 356 g/mol. The van der Waals surface area contributed by atoms with Crippen LogP contribution in [0.1, 0.15) is 34.9 Å². The van der Waals surface area contributed by atoms with Crippen LogP contribution in [0.25, 0.3) is 0 Å². The van der Waals surface area contributed by atoms with E-state index in [1.807, 2.05) is 28.6 Å². The van der Waals surface area contributed by atoms with Crippen molar-refractivity contribution in [2.24, 2.45) is 7.05 Å². The molecule has 2 fully saturated rings. The Morgan fingerprint density at radius 2 is 1.92 bits per heavy atom. The third-order valence-electron chi connectivity index (χ3n) is 5.22. The molecule has 138 valence electrons. The molecular formula is C18H24N6O2. The summed E-state index contributed by atoms with van der Waals surface area (Å²) in [5.41, 5.74) is 0.643. The minimum Gasteiger partial charge on any atom is -0.378 e. The van der Waals surface area contributed by atoms with Crippen molar-refractivity contribution in [1.82, 2.24) is 24.6 Å². The van der Waals surface area contributed by atoms with Gasteiger partial charge in [0, 0.05) is 45.3 Å². The van der Waals surface area contributed by atoms with Crippen molar-refractivity contribution in [2.75, 3.05) is 44.3 Å². The lowest BCUT2D eigenvalue weighted by Crippen LogP contribution is -2.40. The Bertz CT molecular complexity index is 745. The van der Waals surface area contributed by atoms with E-state index >= 15 is 0 Å². The highest BCUT2D eigenvalue weighted by Crippen LogP contribution is 2.28. The maximum atomic E-state index is 12.5. The molecule has 0 radical (unpaired) electrons. The Morgan fingerprint density at radius 3 is 2.54 bits per heavy atom.